The minimum Gasteiger partial charge on any atom is -0.438 e. The van der Waals surface area contributed by atoms with E-state index in [1.165, 1.54) is 10.7 Å². The molecule has 0 aliphatic rings. The van der Waals surface area contributed by atoms with Gasteiger partial charge in [0.25, 0.3) is 11.6 Å². The van der Waals surface area contributed by atoms with Gasteiger partial charge in [0.2, 0.25) is 15.9 Å². The van der Waals surface area contributed by atoms with Gasteiger partial charge in [-0.15, -0.1) is 0 Å². The topological polar surface area (TPSA) is 145 Å². The lowest BCUT2D eigenvalue weighted by atomic mass is 10.1. The van der Waals surface area contributed by atoms with Crippen molar-refractivity contribution in [2.45, 2.75) is 90.7 Å². The van der Waals surface area contributed by atoms with Crippen LogP contribution < -0.4 is 14.8 Å². The van der Waals surface area contributed by atoms with Crippen LogP contribution in [0.3, 0.4) is 0 Å². The first-order valence-corrected chi connectivity index (χ1v) is 12.8. The molecular formula is C23H35N5O6S. The molecule has 194 valence electrons. The Balaban J connectivity index is 2.70. The van der Waals surface area contributed by atoms with Crippen LogP contribution in [0.1, 0.15) is 77.9 Å². The van der Waals surface area contributed by atoms with E-state index < -0.39 is 36.6 Å². The Labute approximate surface area is 206 Å². The Kier molecular flexibility index (Phi) is 8.02. The molecule has 0 aliphatic heterocycles. The molecule has 0 unspecified atom stereocenters. The van der Waals surface area contributed by atoms with Crippen LogP contribution in [0.25, 0.3) is 0 Å². The summed E-state index contributed by atoms with van der Waals surface area (Å²) in [6.07, 6.45) is 0.735. The minimum absolute atomic E-state index is 0.0686. The highest BCUT2D eigenvalue weighted by Crippen LogP contribution is 2.37. The second-order valence-electron chi connectivity index (χ2n) is 10.5. The van der Waals surface area contributed by atoms with E-state index >= 15 is 0 Å². The summed E-state index contributed by atoms with van der Waals surface area (Å²) in [5.74, 6) is -0.349. The maximum Gasteiger partial charge on any atom is 0.272 e. The zero-order valence-corrected chi connectivity index (χ0v) is 22.5. The Morgan fingerprint density at radius 3 is 2.31 bits per heavy atom. The van der Waals surface area contributed by atoms with Crippen LogP contribution >= 0.6 is 0 Å². The van der Waals surface area contributed by atoms with Gasteiger partial charge >= 0.3 is 0 Å². The normalized spacial score (nSPS) is 13.4. The number of nitro benzene ring substituents is 1. The van der Waals surface area contributed by atoms with Crippen LogP contribution in [0.2, 0.25) is 0 Å². The second-order valence-corrected chi connectivity index (χ2v) is 12.1. The van der Waals surface area contributed by atoms with Crippen molar-refractivity contribution in [3.8, 4) is 11.6 Å². The van der Waals surface area contributed by atoms with E-state index in [9.17, 15) is 23.3 Å². The molecule has 0 aliphatic carbocycles. The van der Waals surface area contributed by atoms with Gasteiger partial charge in [0.1, 0.15) is 10.6 Å². The Bertz CT molecular complexity index is 1220. The molecule has 0 saturated heterocycles. The average Bonchev–Trinajstić information content (AvgIpc) is 3.02. The molecule has 1 aromatic heterocycles. The fourth-order valence-corrected chi connectivity index (χ4v) is 4.70. The predicted octanol–water partition coefficient (Wildman–Crippen LogP) is 4.25. The van der Waals surface area contributed by atoms with Crippen molar-refractivity contribution in [2.24, 2.45) is 0 Å². The quantitative estimate of drug-likeness (QED) is 0.399. The number of nitrogens with zero attached hydrogens (tertiary/aromatic N) is 3. The molecular weight excluding hydrogens is 474 g/mol. The van der Waals surface area contributed by atoms with Crippen LogP contribution in [0.5, 0.6) is 11.6 Å². The third kappa shape index (κ3) is 6.79. The molecule has 35 heavy (non-hydrogen) atoms. The number of ether oxygens (including phenoxy) is 1. The van der Waals surface area contributed by atoms with Crippen molar-refractivity contribution in [2.75, 3.05) is 0 Å². The Morgan fingerprint density at radius 2 is 1.83 bits per heavy atom. The van der Waals surface area contributed by atoms with E-state index in [4.69, 9.17) is 4.74 Å². The summed E-state index contributed by atoms with van der Waals surface area (Å²) in [6, 6.07) is 3.27. The number of benzene rings is 1. The summed E-state index contributed by atoms with van der Waals surface area (Å²) >= 11 is 0. The summed E-state index contributed by atoms with van der Waals surface area (Å²) in [5.41, 5.74) is -1.31. The molecule has 0 spiro atoms. The van der Waals surface area contributed by atoms with Crippen molar-refractivity contribution >= 4 is 21.6 Å². The van der Waals surface area contributed by atoms with Crippen molar-refractivity contribution in [3.63, 3.8) is 0 Å². The highest BCUT2D eigenvalue weighted by Gasteiger charge is 2.32. The molecule has 1 amide bonds. The van der Waals surface area contributed by atoms with E-state index in [0.717, 1.165) is 18.6 Å². The van der Waals surface area contributed by atoms with Gasteiger partial charge in [0.15, 0.2) is 5.69 Å². The van der Waals surface area contributed by atoms with Gasteiger partial charge in [-0.3, -0.25) is 14.9 Å². The molecule has 2 rings (SSSR count). The van der Waals surface area contributed by atoms with Crippen molar-refractivity contribution in [1.82, 2.24) is 19.8 Å². The maximum atomic E-state index is 13.2. The molecule has 12 heteroatoms. The lowest BCUT2D eigenvalue weighted by Crippen LogP contribution is -2.40. The van der Waals surface area contributed by atoms with Gasteiger partial charge < -0.3 is 10.1 Å². The largest absolute Gasteiger partial charge is 0.438 e. The van der Waals surface area contributed by atoms with Crippen molar-refractivity contribution < 1.29 is 22.9 Å². The molecule has 2 aromatic rings. The summed E-state index contributed by atoms with van der Waals surface area (Å²) < 4.78 is 36.4. The smallest absolute Gasteiger partial charge is 0.272 e. The zero-order valence-electron chi connectivity index (χ0n) is 21.7. The van der Waals surface area contributed by atoms with Crippen LogP contribution in [-0.4, -0.2) is 40.6 Å². The number of aromatic nitrogens is 2. The fourth-order valence-electron chi connectivity index (χ4n) is 3.13. The monoisotopic (exact) mass is 509 g/mol. The maximum absolute atomic E-state index is 13.2. The number of nitrogens with one attached hydrogen (secondary N) is 2. The number of sulfonamides is 1. The number of carbonyl (C=O) groups excluding carboxylic acids is 1. The molecule has 1 heterocycles. The molecule has 1 aromatic carbocycles. The number of non-ortho nitro benzene ring substituents is 1. The highest BCUT2D eigenvalue weighted by molar-refractivity contribution is 7.89. The van der Waals surface area contributed by atoms with Gasteiger partial charge in [-0.2, -0.15) is 5.10 Å². The van der Waals surface area contributed by atoms with Gasteiger partial charge in [-0.25, -0.2) is 17.8 Å². The minimum atomic E-state index is -4.20. The van der Waals surface area contributed by atoms with E-state index in [2.05, 4.69) is 15.1 Å². The average molecular weight is 510 g/mol. The Hall–Kier alpha value is -2.99. The van der Waals surface area contributed by atoms with Gasteiger partial charge in [-0.1, -0.05) is 6.92 Å². The van der Waals surface area contributed by atoms with Crippen molar-refractivity contribution in [3.05, 3.63) is 39.6 Å². The lowest BCUT2D eigenvalue weighted by Gasteiger charge is -2.24. The number of hydrogen-bond donors (Lipinski definition) is 2. The van der Waals surface area contributed by atoms with E-state index in [1.807, 2.05) is 34.6 Å². The molecule has 0 saturated carbocycles. The number of nitro groups is 1. The van der Waals surface area contributed by atoms with Gasteiger partial charge in [-0.05, 0) is 67.9 Å². The first-order valence-electron chi connectivity index (χ1n) is 11.3. The number of hydrogen-bond acceptors (Lipinski definition) is 7. The highest BCUT2D eigenvalue weighted by atomic mass is 32.2. The fraction of sp³-hybridized carbons (Fsp3) is 0.565. The summed E-state index contributed by atoms with van der Waals surface area (Å²) in [7, 11) is -4.20. The van der Waals surface area contributed by atoms with Crippen LogP contribution in [0, 0.1) is 17.0 Å². The number of rotatable bonds is 8. The number of carbonyl (C=O) groups is 1. The summed E-state index contributed by atoms with van der Waals surface area (Å²) in [5, 5.41) is 18.7. The summed E-state index contributed by atoms with van der Waals surface area (Å²) in [4.78, 5) is 23.1. The molecule has 2 N–H and O–H groups in total. The molecule has 0 bridgehead atoms. The molecule has 1 atom stereocenters. The molecule has 11 nitrogen and oxygen atoms in total. The van der Waals surface area contributed by atoms with Gasteiger partial charge in [0, 0.05) is 29.3 Å². The molecule has 0 fully saturated rings. The lowest BCUT2D eigenvalue weighted by molar-refractivity contribution is -0.385. The predicted molar refractivity (Wildman–Crippen MR) is 132 cm³/mol. The third-order valence-corrected chi connectivity index (χ3v) is 6.76. The first-order chi connectivity index (χ1) is 15.9. The van der Waals surface area contributed by atoms with Crippen LogP contribution in [-0.2, 0) is 15.6 Å². The van der Waals surface area contributed by atoms with Crippen LogP contribution in [0.15, 0.2) is 23.1 Å². The number of amides is 1. The van der Waals surface area contributed by atoms with E-state index in [1.54, 1.807) is 27.7 Å². The first kappa shape index (κ1) is 28.2. The summed E-state index contributed by atoms with van der Waals surface area (Å²) in [6.45, 7) is 16.0. The molecule has 0 radical (unpaired) electrons. The Morgan fingerprint density at radius 1 is 1.23 bits per heavy atom. The zero-order chi connectivity index (χ0) is 26.9. The van der Waals surface area contributed by atoms with Gasteiger partial charge in [0.05, 0.1) is 10.5 Å². The van der Waals surface area contributed by atoms with Crippen LogP contribution in [0.4, 0.5) is 5.69 Å². The SMILES string of the molecule is CC[C@H](C)NC(=O)c1nn(C(C)(C)C)c(Oc2ccc([N+](=O)[O-])cc2S(=O)(=O)NC(C)(C)C)c1C. The van der Waals surface area contributed by atoms with E-state index in [0.29, 0.717) is 5.56 Å². The third-order valence-electron chi connectivity index (χ3n) is 4.98. The standard InChI is InChI=1S/C23H35N5O6S/c1-10-14(2)24-20(29)19-15(3)21(27(25-19)23(7,8)9)34-17-12-11-16(28(30)31)13-18(17)35(32,33)26-22(4,5)6/h11-14,26H,10H2,1-9H3,(H,24,29)/t14-/m0/s1. The van der Waals surface area contributed by atoms with Crippen molar-refractivity contribution in [1.29, 1.82) is 0 Å². The van der Waals surface area contributed by atoms with E-state index in [-0.39, 0.29) is 29.3 Å². The second kappa shape index (κ2) is 9.94.